The van der Waals surface area contributed by atoms with Gasteiger partial charge in [-0.15, -0.1) is 11.3 Å². The summed E-state index contributed by atoms with van der Waals surface area (Å²) < 4.78 is 6.48. The van der Waals surface area contributed by atoms with Crippen molar-refractivity contribution in [2.75, 3.05) is 19.0 Å². The first-order chi connectivity index (χ1) is 12.0. The molecule has 3 aromatic rings. The molecule has 0 atom stereocenters. The number of halogens is 1. The summed E-state index contributed by atoms with van der Waals surface area (Å²) in [4.78, 5) is 34.4. The Morgan fingerprint density at radius 2 is 2.20 bits per heavy atom. The normalized spacial score (nSPS) is 11.0. The van der Waals surface area contributed by atoms with Crippen LogP contribution in [0.25, 0.3) is 10.2 Å². The number of rotatable bonds is 5. The summed E-state index contributed by atoms with van der Waals surface area (Å²) in [5.74, 6) is 0.0508. The number of pyridine rings is 1. The molecular weight excluding hydrogens is 364 g/mol. The van der Waals surface area contributed by atoms with Gasteiger partial charge >= 0.3 is 0 Å². The second-order valence-electron chi connectivity index (χ2n) is 5.29. The molecule has 0 unspecified atom stereocenters. The van der Waals surface area contributed by atoms with Gasteiger partial charge in [0, 0.05) is 13.3 Å². The topological polar surface area (TPSA) is 86.1 Å². The van der Waals surface area contributed by atoms with Gasteiger partial charge in [0.2, 0.25) is 0 Å². The fourth-order valence-corrected chi connectivity index (χ4v) is 3.49. The molecule has 0 saturated heterocycles. The Kier molecular flexibility index (Phi) is 5.12. The fraction of sp³-hybridized carbons (Fsp3) is 0.250. The van der Waals surface area contributed by atoms with Gasteiger partial charge in [-0.25, -0.2) is 9.97 Å². The Morgan fingerprint density at radius 1 is 1.40 bits per heavy atom. The molecule has 0 aliphatic carbocycles. The molecule has 0 radical (unpaired) electrons. The van der Waals surface area contributed by atoms with Crippen LogP contribution in [0.5, 0.6) is 0 Å². The zero-order valence-electron chi connectivity index (χ0n) is 13.6. The SMILES string of the molecule is COCCn1cnc2sc(C(=O)Nc3ccc(Cl)cn3)c(C)c2c1=O. The van der Waals surface area contributed by atoms with E-state index in [0.29, 0.717) is 44.6 Å². The van der Waals surface area contributed by atoms with Crippen LogP contribution in [0.4, 0.5) is 5.82 Å². The van der Waals surface area contributed by atoms with Crippen LogP contribution < -0.4 is 10.9 Å². The Balaban J connectivity index is 1.95. The molecule has 0 aliphatic rings. The van der Waals surface area contributed by atoms with Crippen molar-refractivity contribution in [1.82, 2.24) is 14.5 Å². The Labute approximate surface area is 152 Å². The minimum Gasteiger partial charge on any atom is -0.383 e. The number of nitrogens with zero attached hydrogens (tertiary/aromatic N) is 3. The number of thiophene rings is 1. The van der Waals surface area contributed by atoms with E-state index < -0.39 is 0 Å². The van der Waals surface area contributed by atoms with Crippen LogP contribution in [-0.2, 0) is 11.3 Å². The number of hydrogen-bond donors (Lipinski definition) is 1. The summed E-state index contributed by atoms with van der Waals surface area (Å²) in [5.41, 5.74) is 0.426. The molecule has 3 rings (SSSR count). The molecule has 0 aromatic carbocycles. The average molecular weight is 379 g/mol. The Bertz CT molecular complexity index is 981. The highest BCUT2D eigenvalue weighted by atomic mass is 35.5. The van der Waals surface area contributed by atoms with E-state index in [9.17, 15) is 9.59 Å². The third kappa shape index (κ3) is 3.55. The summed E-state index contributed by atoms with van der Waals surface area (Å²) in [7, 11) is 1.57. The van der Waals surface area contributed by atoms with Crippen LogP contribution in [0, 0.1) is 6.92 Å². The number of aryl methyl sites for hydroxylation is 1. The molecule has 0 fully saturated rings. The smallest absolute Gasteiger partial charge is 0.267 e. The number of carbonyl (C=O) groups is 1. The van der Waals surface area contributed by atoms with E-state index in [2.05, 4.69) is 15.3 Å². The van der Waals surface area contributed by atoms with Gasteiger partial charge in [-0.3, -0.25) is 14.2 Å². The molecule has 3 aromatic heterocycles. The van der Waals surface area contributed by atoms with Crippen molar-refractivity contribution in [2.24, 2.45) is 0 Å². The number of aromatic nitrogens is 3. The van der Waals surface area contributed by atoms with Crippen molar-refractivity contribution < 1.29 is 9.53 Å². The Morgan fingerprint density at radius 3 is 2.88 bits per heavy atom. The highest BCUT2D eigenvalue weighted by molar-refractivity contribution is 7.20. The number of nitrogens with one attached hydrogen (secondary N) is 1. The van der Waals surface area contributed by atoms with E-state index in [1.165, 1.54) is 28.4 Å². The quantitative estimate of drug-likeness (QED) is 0.737. The Hall–Kier alpha value is -2.29. The molecule has 0 saturated carbocycles. The van der Waals surface area contributed by atoms with Crippen molar-refractivity contribution >= 4 is 44.9 Å². The van der Waals surface area contributed by atoms with Crippen LogP contribution in [0.1, 0.15) is 15.2 Å². The number of hydrogen-bond acceptors (Lipinski definition) is 6. The van der Waals surface area contributed by atoms with E-state index in [-0.39, 0.29) is 11.5 Å². The molecule has 1 N–H and O–H groups in total. The van der Waals surface area contributed by atoms with Crippen molar-refractivity contribution in [2.45, 2.75) is 13.5 Å². The molecule has 0 bridgehead atoms. The van der Waals surface area contributed by atoms with Crippen LogP contribution in [0.2, 0.25) is 5.02 Å². The lowest BCUT2D eigenvalue weighted by atomic mass is 10.2. The monoisotopic (exact) mass is 378 g/mol. The van der Waals surface area contributed by atoms with Crippen LogP contribution in [0.15, 0.2) is 29.5 Å². The minimum atomic E-state index is -0.335. The van der Waals surface area contributed by atoms with Gasteiger partial charge in [-0.05, 0) is 24.6 Å². The summed E-state index contributed by atoms with van der Waals surface area (Å²) >= 11 is 6.96. The van der Waals surface area contributed by atoms with E-state index in [4.69, 9.17) is 16.3 Å². The molecule has 7 nitrogen and oxygen atoms in total. The van der Waals surface area contributed by atoms with Gasteiger partial charge in [0.15, 0.2) is 0 Å². The van der Waals surface area contributed by atoms with E-state index in [0.717, 1.165) is 0 Å². The molecule has 3 heterocycles. The molecule has 130 valence electrons. The predicted molar refractivity (Wildman–Crippen MR) is 97.7 cm³/mol. The lowest BCUT2D eigenvalue weighted by Crippen LogP contribution is -2.22. The average Bonchev–Trinajstić information content (AvgIpc) is 2.94. The number of methoxy groups -OCH3 is 1. The van der Waals surface area contributed by atoms with E-state index >= 15 is 0 Å². The molecule has 1 amide bonds. The first-order valence-corrected chi connectivity index (χ1v) is 8.61. The molecule has 0 spiro atoms. The highest BCUT2D eigenvalue weighted by Gasteiger charge is 2.19. The number of amides is 1. The number of anilines is 1. The van der Waals surface area contributed by atoms with Gasteiger partial charge in [-0.2, -0.15) is 0 Å². The first-order valence-electron chi connectivity index (χ1n) is 7.41. The summed E-state index contributed by atoms with van der Waals surface area (Å²) in [6.07, 6.45) is 2.92. The van der Waals surface area contributed by atoms with Crippen molar-refractivity contribution in [3.63, 3.8) is 0 Å². The molecular formula is C16H15ClN4O3S. The van der Waals surface area contributed by atoms with Gasteiger partial charge in [-0.1, -0.05) is 11.6 Å². The van der Waals surface area contributed by atoms with E-state index in [1.807, 2.05) is 0 Å². The van der Waals surface area contributed by atoms with Crippen LogP contribution in [0.3, 0.4) is 0 Å². The largest absolute Gasteiger partial charge is 0.383 e. The van der Waals surface area contributed by atoms with Crippen molar-refractivity contribution in [1.29, 1.82) is 0 Å². The standard InChI is InChI=1S/C16H15ClN4O3S/c1-9-12-15(19-8-21(16(12)23)5-6-24-2)25-13(9)14(22)20-11-4-3-10(17)7-18-11/h3-4,7-8H,5-6H2,1-2H3,(H,18,20,22). The third-order valence-electron chi connectivity index (χ3n) is 3.63. The van der Waals surface area contributed by atoms with Gasteiger partial charge in [0.05, 0.1) is 34.8 Å². The maximum atomic E-state index is 12.6. The number of carbonyl (C=O) groups excluding carboxylic acids is 1. The van der Waals surface area contributed by atoms with Gasteiger partial charge in [0.1, 0.15) is 10.6 Å². The highest BCUT2D eigenvalue weighted by Crippen LogP contribution is 2.27. The third-order valence-corrected chi connectivity index (χ3v) is 5.05. The second-order valence-corrected chi connectivity index (χ2v) is 6.72. The van der Waals surface area contributed by atoms with Crippen molar-refractivity contribution in [3.05, 3.63) is 50.5 Å². The number of fused-ring (bicyclic) bond motifs is 1. The molecule has 0 aliphatic heterocycles. The lowest BCUT2D eigenvalue weighted by molar-refractivity contribution is 0.102. The zero-order valence-corrected chi connectivity index (χ0v) is 15.1. The fourth-order valence-electron chi connectivity index (χ4n) is 2.35. The molecule has 25 heavy (non-hydrogen) atoms. The molecule has 9 heteroatoms. The predicted octanol–water partition coefficient (Wildman–Crippen LogP) is 2.71. The maximum absolute atomic E-state index is 12.6. The van der Waals surface area contributed by atoms with Gasteiger partial charge < -0.3 is 10.1 Å². The second kappa shape index (κ2) is 7.30. The number of ether oxygens (including phenoxy) is 1. The summed E-state index contributed by atoms with van der Waals surface area (Å²) in [5, 5.41) is 3.64. The summed E-state index contributed by atoms with van der Waals surface area (Å²) in [6.45, 7) is 2.56. The summed E-state index contributed by atoms with van der Waals surface area (Å²) in [6, 6.07) is 3.25. The van der Waals surface area contributed by atoms with Crippen molar-refractivity contribution in [3.8, 4) is 0 Å². The zero-order chi connectivity index (χ0) is 18.0. The van der Waals surface area contributed by atoms with Crippen LogP contribution >= 0.6 is 22.9 Å². The lowest BCUT2D eigenvalue weighted by Gasteiger charge is -2.04. The van der Waals surface area contributed by atoms with Gasteiger partial charge in [0.25, 0.3) is 11.5 Å². The first kappa shape index (κ1) is 17.5. The van der Waals surface area contributed by atoms with Crippen LogP contribution in [-0.4, -0.2) is 34.2 Å². The minimum absolute atomic E-state index is 0.181. The maximum Gasteiger partial charge on any atom is 0.267 e. The van der Waals surface area contributed by atoms with E-state index in [1.54, 1.807) is 26.2 Å².